The van der Waals surface area contributed by atoms with Crippen LogP contribution >= 0.6 is 27.7 Å². The minimum absolute atomic E-state index is 0.0260. The largest absolute Gasteiger partial charge is 0.285 e. The summed E-state index contributed by atoms with van der Waals surface area (Å²) in [5, 5.41) is 8.77. The highest BCUT2D eigenvalue weighted by Crippen LogP contribution is 2.22. The Labute approximate surface area is 151 Å². The number of thioether (sulfide) groups is 1. The van der Waals surface area contributed by atoms with Crippen molar-refractivity contribution < 1.29 is 9.18 Å². The summed E-state index contributed by atoms with van der Waals surface area (Å²) in [7, 11) is 0. The molecule has 122 valence electrons. The molecule has 2 aromatic carbocycles. The fourth-order valence-corrected chi connectivity index (χ4v) is 3.19. The highest BCUT2D eigenvalue weighted by Gasteiger charge is 2.28. The molecular formula is C17H13BrFN3OS. The van der Waals surface area contributed by atoms with Gasteiger partial charge in [0.1, 0.15) is 5.82 Å². The molecule has 3 rings (SSSR count). The minimum atomic E-state index is -0.297. The third-order valence-corrected chi connectivity index (χ3v) is 4.81. The molecule has 0 atom stereocenters. The van der Waals surface area contributed by atoms with Crippen LogP contribution in [-0.2, 0) is 11.3 Å². The van der Waals surface area contributed by atoms with Crippen molar-refractivity contribution in [3.8, 4) is 0 Å². The zero-order valence-corrected chi connectivity index (χ0v) is 14.9. The Morgan fingerprint density at radius 2 is 1.88 bits per heavy atom. The number of amidine groups is 1. The Balaban J connectivity index is 1.72. The second-order valence-corrected chi connectivity index (χ2v) is 6.93. The van der Waals surface area contributed by atoms with Gasteiger partial charge in [-0.1, -0.05) is 52.0 Å². The van der Waals surface area contributed by atoms with Crippen LogP contribution in [-0.4, -0.2) is 27.9 Å². The van der Waals surface area contributed by atoms with E-state index in [2.05, 4.69) is 26.1 Å². The third kappa shape index (κ3) is 4.30. The van der Waals surface area contributed by atoms with E-state index in [1.54, 1.807) is 23.2 Å². The Bertz CT molecular complexity index is 790. The maximum atomic E-state index is 13.0. The van der Waals surface area contributed by atoms with E-state index in [4.69, 9.17) is 0 Å². The van der Waals surface area contributed by atoms with Gasteiger partial charge in [0.25, 0.3) is 0 Å². The van der Waals surface area contributed by atoms with E-state index < -0.39 is 0 Å². The van der Waals surface area contributed by atoms with Gasteiger partial charge in [0.2, 0.25) is 5.91 Å². The van der Waals surface area contributed by atoms with Crippen molar-refractivity contribution in [2.45, 2.75) is 6.54 Å². The van der Waals surface area contributed by atoms with Crippen molar-refractivity contribution >= 4 is 45.0 Å². The smallest absolute Gasteiger partial charge is 0.239 e. The summed E-state index contributed by atoms with van der Waals surface area (Å²) >= 11 is 4.72. The lowest BCUT2D eigenvalue weighted by molar-refractivity contribution is -0.124. The molecule has 24 heavy (non-hydrogen) atoms. The summed E-state index contributed by atoms with van der Waals surface area (Å²) in [5.41, 5.74) is 1.76. The van der Waals surface area contributed by atoms with Crippen molar-refractivity contribution in [3.63, 3.8) is 0 Å². The zero-order chi connectivity index (χ0) is 16.9. The first-order valence-corrected chi connectivity index (χ1v) is 8.94. The van der Waals surface area contributed by atoms with Crippen LogP contribution in [0.3, 0.4) is 0 Å². The molecule has 1 saturated heterocycles. The van der Waals surface area contributed by atoms with Crippen LogP contribution in [0.5, 0.6) is 0 Å². The second-order valence-electron chi connectivity index (χ2n) is 5.07. The third-order valence-electron chi connectivity index (χ3n) is 3.33. The summed E-state index contributed by atoms with van der Waals surface area (Å²) in [6, 6.07) is 13.8. The van der Waals surface area contributed by atoms with Crippen LogP contribution in [0.25, 0.3) is 0 Å². The number of carbonyl (C=O) groups excluding carboxylic acids is 1. The Morgan fingerprint density at radius 1 is 1.17 bits per heavy atom. The molecule has 0 radical (unpaired) electrons. The molecule has 1 fully saturated rings. The first-order valence-electron chi connectivity index (χ1n) is 7.16. The van der Waals surface area contributed by atoms with E-state index >= 15 is 0 Å². The maximum absolute atomic E-state index is 13.0. The van der Waals surface area contributed by atoms with Gasteiger partial charge < -0.3 is 0 Å². The number of benzene rings is 2. The van der Waals surface area contributed by atoms with Crippen molar-refractivity contribution in [2.75, 3.05) is 5.75 Å². The monoisotopic (exact) mass is 405 g/mol. The Hall–Kier alpha value is -1.99. The van der Waals surface area contributed by atoms with Crippen molar-refractivity contribution in [3.05, 3.63) is 69.9 Å². The van der Waals surface area contributed by atoms with Crippen molar-refractivity contribution in [1.82, 2.24) is 4.90 Å². The van der Waals surface area contributed by atoms with Crippen LogP contribution in [0.2, 0.25) is 0 Å². The predicted molar refractivity (Wildman–Crippen MR) is 98.6 cm³/mol. The van der Waals surface area contributed by atoms with Gasteiger partial charge in [-0.15, -0.1) is 5.10 Å². The number of carbonyl (C=O) groups is 1. The summed E-state index contributed by atoms with van der Waals surface area (Å²) in [4.78, 5) is 13.6. The van der Waals surface area contributed by atoms with Crippen LogP contribution in [0.1, 0.15) is 11.1 Å². The van der Waals surface area contributed by atoms with E-state index in [-0.39, 0.29) is 11.7 Å². The number of amides is 1. The zero-order valence-electron chi connectivity index (χ0n) is 12.5. The van der Waals surface area contributed by atoms with Crippen LogP contribution in [0, 0.1) is 5.82 Å². The molecule has 0 spiro atoms. The topological polar surface area (TPSA) is 45.0 Å². The van der Waals surface area contributed by atoms with E-state index in [0.717, 1.165) is 15.6 Å². The molecule has 1 heterocycles. The van der Waals surface area contributed by atoms with Gasteiger partial charge in [-0.05, 0) is 35.4 Å². The average Bonchev–Trinajstić information content (AvgIpc) is 2.92. The van der Waals surface area contributed by atoms with Crippen molar-refractivity contribution in [2.24, 2.45) is 10.2 Å². The van der Waals surface area contributed by atoms with Gasteiger partial charge in [0.05, 0.1) is 18.5 Å². The molecule has 0 unspecified atom stereocenters. The first-order chi connectivity index (χ1) is 11.6. The van der Waals surface area contributed by atoms with E-state index in [9.17, 15) is 9.18 Å². The SMILES string of the molecule is O=C1CS/C(=N/N=C\c2ccc(Br)cc2)N1Cc1ccc(F)cc1. The number of hydrogen-bond acceptors (Lipinski definition) is 4. The number of halogens is 2. The molecule has 0 N–H and O–H groups in total. The molecule has 0 saturated carbocycles. The highest BCUT2D eigenvalue weighted by atomic mass is 79.9. The fourth-order valence-electron chi connectivity index (χ4n) is 2.09. The van der Waals surface area contributed by atoms with E-state index in [1.807, 2.05) is 24.3 Å². The summed E-state index contributed by atoms with van der Waals surface area (Å²) in [6.07, 6.45) is 1.64. The lowest BCUT2D eigenvalue weighted by Crippen LogP contribution is -2.28. The highest BCUT2D eigenvalue weighted by molar-refractivity contribution is 9.10. The summed E-state index contributed by atoms with van der Waals surface area (Å²) < 4.78 is 14.0. The maximum Gasteiger partial charge on any atom is 0.239 e. The normalized spacial score (nSPS) is 16.5. The average molecular weight is 406 g/mol. The lowest BCUT2D eigenvalue weighted by Gasteiger charge is -2.15. The van der Waals surface area contributed by atoms with Crippen LogP contribution < -0.4 is 0 Å². The Kier molecular flexibility index (Phi) is 5.42. The van der Waals surface area contributed by atoms with Gasteiger partial charge in [-0.3, -0.25) is 9.69 Å². The quantitative estimate of drug-likeness (QED) is 0.568. The summed E-state index contributed by atoms with van der Waals surface area (Å²) in [5.74, 6) is 0.0177. The second kappa shape index (κ2) is 7.72. The molecule has 0 aromatic heterocycles. The number of hydrogen-bond donors (Lipinski definition) is 0. The predicted octanol–water partition coefficient (Wildman–Crippen LogP) is 4.05. The molecule has 1 aliphatic rings. The van der Waals surface area contributed by atoms with Gasteiger partial charge in [0, 0.05) is 4.47 Å². The molecule has 0 aliphatic carbocycles. The van der Waals surface area contributed by atoms with Gasteiger partial charge >= 0.3 is 0 Å². The number of nitrogens with zero attached hydrogens (tertiary/aromatic N) is 3. The molecule has 1 amide bonds. The van der Waals surface area contributed by atoms with Gasteiger partial charge in [-0.2, -0.15) is 5.10 Å². The molecule has 1 aliphatic heterocycles. The van der Waals surface area contributed by atoms with E-state index in [0.29, 0.717) is 17.5 Å². The molecule has 2 aromatic rings. The van der Waals surface area contributed by atoms with Crippen LogP contribution in [0.15, 0.2) is 63.2 Å². The first kappa shape index (κ1) is 16.9. The molecule has 0 bridgehead atoms. The Morgan fingerprint density at radius 3 is 2.58 bits per heavy atom. The van der Waals surface area contributed by atoms with Gasteiger partial charge in [-0.25, -0.2) is 4.39 Å². The van der Waals surface area contributed by atoms with E-state index in [1.165, 1.54) is 23.9 Å². The number of rotatable bonds is 4. The fraction of sp³-hybridized carbons (Fsp3) is 0.118. The molecule has 7 heteroatoms. The lowest BCUT2D eigenvalue weighted by atomic mass is 10.2. The molecular weight excluding hydrogens is 393 g/mol. The molecule has 4 nitrogen and oxygen atoms in total. The standard InChI is InChI=1S/C17H13BrFN3OS/c18-14-5-1-12(2-6-14)9-20-21-17-22(16(23)11-24-17)10-13-3-7-15(19)8-4-13/h1-9H,10-11H2/b20-9-,21-17+. The van der Waals surface area contributed by atoms with Crippen molar-refractivity contribution in [1.29, 1.82) is 0 Å². The van der Waals surface area contributed by atoms with Crippen LogP contribution in [0.4, 0.5) is 4.39 Å². The summed E-state index contributed by atoms with van der Waals surface area (Å²) in [6.45, 7) is 0.360. The minimum Gasteiger partial charge on any atom is -0.285 e. The van der Waals surface area contributed by atoms with Gasteiger partial charge in [0.15, 0.2) is 5.17 Å².